The number of carboxylic acids is 1. The van der Waals surface area contributed by atoms with Crippen LogP contribution in [0.5, 0.6) is 0 Å². The van der Waals surface area contributed by atoms with Crippen LogP contribution < -0.4 is 0 Å². The Hall–Kier alpha value is -1.35. The Morgan fingerprint density at radius 1 is 1.06 bits per heavy atom. The molecule has 0 spiro atoms. The Bertz CT molecular complexity index is 389. The fraction of sp³-hybridized carbons (Fsp3) is 0.533. The van der Waals surface area contributed by atoms with E-state index >= 15 is 0 Å². The summed E-state index contributed by atoms with van der Waals surface area (Å²) in [4.78, 5) is 10.7. The molecule has 0 saturated heterocycles. The minimum atomic E-state index is -1.41. The summed E-state index contributed by atoms with van der Waals surface area (Å²) in [5.41, 5.74) is 1.73. The Kier molecular flexibility index (Phi) is 4.37. The molecule has 0 bridgehead atoms. The average Bonchev–Trinajstić information content (AvgIpc) is 2.67. The third-order valence-electron chi connectivity index (χ3n) is 3.81. The highest BCUT2D eigenvalue weighted by atomic mass is 16.4. The van der Waals surface area contributed by atoms with Crippen LogP contribution >= 0.6 is 0 Å². The summed E-state index contributed by atoms with van der Waals surface area (Å²) in [6.45, 7) is 0. The molecule has 3 heteroatoms. The first-order chi connectivity index (χ1) is 8.68. The van der Waals surface area contributed by atoms with Crippen LogP contribution in [0.3, 0.4) is 0 Å². The summed E-state index contributed by atoms with van der Waals surface area (Å²) in [7, 11) is 0. The van der Waals surface area contributed by atoms with Crippen LogP contribution in [0.25, 0.3) is 0 Å². The second-order valence-corrected chi connectivity index (χ2v) is 5.10. The molecule has 0 heterocycles. The largest absolute Gasteiger partial charge is 0.479 e. The van der Waals surface area contributed by atoms with Crippen LogP contribution in [0.2, 0.25) is 0 Å². The van der Waals surface area contributed by atoms with E-state index in [2.05, 4.69) is 0 Å². The predicted octanol–water partition coefficient (Wildman–Crippen LogP) is 3.24. The molecule has 1 aliphatic rings. The normalized spacial score (nSPS) is 19.2. The van der Waals surface area contributed by atoms with E-state index in [1.54, 1.807) is 12.1 Å². The summed E-state index contributed by atoms with van der Waals surface area (Å²) >= 11 is 0. The van der Waals surface area contributed by atoms with E-state index in [-0.39, 0.29) is 0 Å². The Balaban J connectivity index is 2.08. The van der Waals surface area contributed by atoms with Crippen molar-refractivity contribution in [2.75, 3.05) is 0 Å². The fourth-order valence-corrected chi connectivity index (χ4v) is 2.71. The SMILES string of the molecule is O=C(O)C(O)c1ccc(C2CCCCCC2)cc1. The van der Waals surface area contributed by atoms with Gasteiger partial charge in [-0.25, -0.2) is 4.79 Å². The van der Waals surface area contributed by atoms with Gasteiger partial charge in [-0.3, -0.25) is 0 Å². The second-order valence-electron chi connectivity index (χ2n) is 5.10. The molecule has 0 amide bonds. The minimum absolute atomic E-state index is 0.458. The summed E-state index contributed by atoms with van der Waals surface area (Å²) in [5, 5.41) is 18.2. The maximum Gasteiger partial charge on any atom is 0.337 e. The number of aliphatic hydroxyl groups is 1. The molecule has 1 aromatic rings. The molecular formula is C15H20O3. The smallest absolute Gasteiger partial charge is 0.337 e. The molecule has 1 saturated carbocycles. The molecule has 18 heavy (non-hydrogen) atoms. The number of carbonyl (C=O) groups is 1. The van der Waals surface area contributed by atoms with Gasteiger partial charge in [0.25, 0.3) is 0 Å². The van der Waals surface area contributed by atoms with Gasteiger partial charge in [-0.15, -0.1) is 0 Å². The summed E-state index contributed by atoms with van der Waals surface area (Å²) in [6.07, 6.45) is 6.25. The molecule has 98 valence electrons. The highest BCUT2D eigenvalue weighted by Gasteiger charge is 2.17. The molecule has 1 fully saturated rings. The van der Waals surface area contributed by atoms with Gasteiger partial charge in [0.15, 0.2) is 6.10 Å². The van der Waals surface area contributed by atoms with Gasteiger partial charge < -0.3 is 10.2 Å². The number of aliphatic carboxylic acids is 1. The fourth-order valence-electron chi connectivity index (χ4n) is 2.71. The average molecular weight is 248 g/mol. The number of hydrogen-bond donors (Lipinski definition) is 2. The van der Waals surface area contributed by atoms with Crippen molar-refractivity contribution in [1.82, 2.24) is 0 Å². The van der Waals surface area contributed by atoms with Gasteiger partial charge in [0.1, 0.15) is 0 Å². The molecule has 1 unspecified atom stereocenters. The second kappa shape index (κ2) is 6.01. The number of hydrogen-bond acceptors (Lipinski definition) is 2. The van der Waals surface area contributed by atoms with Crippen LogP contribution in [0.1, 0.15) is 61.7 Å². The molecule has 3 nitrogen and oxygen atoms in total. The van der Waals surface area contributed by atoms with Gasteiger partial charge in [0.05, 0.1) is 0 Å². The number of benzene rings is 1. The van der Waals surface area contributed by atoms with Crippen molar-refractivity contribution in [3.05, 3.63) is 35.4 Å². The van der Waals surface area contributed by atoms with Gasteiger partial charge in [-0.1, -0.05) is 49.9 Å². The summed E-state index contributed by atoms with van der Waals surface area (Å²) < 4.78 is 0. The number of rotatable bonds is 3. The quantitative estimate of drug-likeness (QED) is 0.807. The van der Waals surface area contributed by atoms with E-state index in [1.807, 2.05) is 12.1 Å². The highest BCUT2D eigenvalue weighted by Crippen LogP contribution is 2.32. The highest BCUT2D eigenvalue weighted by molar-refractivity contribution is 5.73. The summed E-state index contributed by atoms with van der Waals surface area (Å²) in [5.74, 6) is -0.597. The zero-order valence-corrected chi connectivity index (χ0v) is 10.5. The Labute approximate surface area is 107 Å². The van der Waals surface area contributed by atoms with Crippen molar-refractivity contribution in [3.63, 3.8) is 0 Å². The molecule has 2 rings (SSSR count). The lowest BCUT2D eigenvalue weighted by atomic mass is 9.91. The Morgan fingerprint density at radius 3 is 2.11 bits per heavy atom. The zero-order valence-electron chi connectivity index (χ0n) is 10.5. The van der Waals surface area contributed by atoms with E-state index in [0.717, 1.165) is 0 Å². The third-order valence-corrected chi connectivity index (χ3v) is 3.81. The van der Waals surface area contributed by atoms with E-state index < -0.39 is 12.1 Å². The van der Waals surface area contributed by atoms with Crippen molar-refractivity contribution in [2.45, 2.75) is 50.5 Å². The van der Waals surface area contributed by atoms with Crippen molar-refractivity contribution in [1.29, 1.82) is 0 Å². The van der Waals surface area contributed by atoms with E-state index in [4.69, 9.17) is 5.11 Å². The minimum Gasteiger partial charge on any atom is -0.479 e. The van der Waals surface area contributed by atoms with Crippen molar-refractivity contribution < 1.29 is 15.0 Å². The van der Waals surface area contributed by atoms with Gasteiger partial charge in [0, 0.05) is 0 Å². The van der Waals surface area contributed by atoms with Gasteiger partial charge in [-0.05, 0) is 29.9 Å². The third kappa shape index (κ3) is 3.10. The molecular weight excluding hydrogens is 228 g/mol. The number of aliphatic hydroxyl groups excluding tert-OH is 1. The first-order valence-electron chi connectivity index (χ1n) is 6.69. The number of carboxylic acid groups (broad SMARTS) is 1. The predicted molar refractivity (Wildman–Crippen MR) is 69.5 cm³/mol. The maximum atomic E-state index is 10.7. The van der Waals surface area contributed by atoms with Crippen LogP contribution in [0, 0.1) is 0 Å². The Morgan fingerprint density at radius 2 is 1.61 bits per heavy atom. The van der Waals surface area contributed by atoms with E-state index in [9.17, 15) is 9.90 Å². The summed E-state index contributed by atoms with van der Waals surface area (Å²) in [6, 6.07) is 7.41. The van der Waals surface area contributed by atoms with Crippen molar-refractivity contribution in [2.24, 2.45) is 0 Å². The molecule has 0 radical (unpaired) electrons. The molecule has 0 aliphatic heterocycles. The molecule has 1 atom stereocenters. The lowest BCUT2D eigenvalue weighted by Crippen LogP contribution is -2.10. The molecule has 2 N–H and O–H groups in total. The molecule has 1 aliphatic carbocycles. The molecule has 1 aromatic carbocycles. The zero-order chi connectivity index (χ0) is 13.0. The van der Waals surface area contributed by atoms with Crippen molar-refractivity contribution >= 4 is 5.97 Å². The maximum absolute atomic E-state index is 10.7. The van der Waals surface area contributed by atoms with Gasteiger partial charge >= 0.3 is 5.97 Å². The topological polar surface area (TPSA) is 57.5 Å². The van der Waals surface area contributed by atoms with Crippen LogP contribution in [-0.2, 0) is 4.79 Å². The van der Waals surface area contributed by atoms with Gasteiger partial charge in [0.2, 0.25) is 0 Å². The van der Waals surface area contributed by atoms with Crippen LogP contribution in [0.15, 0.2) is 24.3 Å². The van der Waals surface area contributed by atoms with Crippen molar-refractivity contribution in [3.8, 4) is 0 Å². The standard InChI is InChI=1S/C15H20O3/c16-14(15(17)18)13-9-7-12(8-10-13)11-5-3-1-2-4-6-11/h7-11,14,16H,1-6H2,(H,17,18). The van der Waals surface area contributed by atoms with E-state index in [1.165, 1.54) is 44.1 Å². The van der Waals surface area contributed by atoms with Crippen LogP contribution in [-0.4, -0.2) is 16.2 Å². The monoisotopic (exact) mass is 248 g/mol. The first kappa shape index (κ1) is 13.1. The van der Waals surface area contributed by atoms with Gasteiger partial charge in [-0.2, -0.15) is 0 Å². The first-order valence-corrected chi connectivity index (χ1v) is 6.69. The lowest BCUT2D eigenvalue weighted by Gasteiger charge is -2.15. The molecule has 0 aromatic heterocycles. The lowest BCUT2D eigenvalue weighted by molar-refractivity contribution is -0.146. The van der Waals surface area contributed by atoms with E-state index in [0.29, 0.717) is 11.5 Å². The van der Waals surface area contributed by atoms with Crippen LogP contribution in [0.4, 0.5) is 0 Å².